The molecular weight excluding hydrogens is 252 g/mol. The van der Waals surface area contributed by atoms with Crippen LogP contribution in [0, 0.1) is 5.92 Å². The molecule has 0 spiro atoms. The topological polar surface area (TPSA) is 61.4 Å². The van der Waals surface area contributed by atoms with Crippen molar-refractivity contribution in [1.29, 1.82) is 0 Å². The molecule has 1 heterocycles. The van der Waals surface area contributed by atoms with Gasteiger partial charge in [0.05, 0.1) is 6.10 Å². The van der Waals surface area contributed by atoms with Gasteiger partial charge in [-0.1, -0.05) is 32.8 Å². The summed E-state index contributed by atoms with van der Waals surface area (Å²) in [6, 6.07) is 5.79. The van der Waals surface area contributed by atoms with Crippen LogP contribution in [0.15, 0.2) is 18.2 Å². The van der Waals surface area contributed by atoms with Crippen LogP contribution in [0.2, 0.25) is 0 Å². The van der Waals surface area contributed by atoms with Gasteiger partial charge in [0.25, 0.3) is 5.91 Å². The van der Waals surface area contributed by atoms with Gasteiger partial charge in [-0.15, -0.1) is 0 Å². The Kier molecular flexibility index (Phi) is 5.15. The van der Waals surface area contributed by atoms with Crippen LogP contribution in [0.3, 0.4) is 0 Å². The van der Waals surface area contributed by atoms with Crippen molar-refractivity contribution in [2.45, 2.75) is 45.9 Å². The first-order valence-corrected chi connectivity index (χ1v) is 7.44. The van der Waals surface area contributed by atoms with Crippen molar-refractivity contribution in [3.63, 3.8) is 0 Å². The van der Waals surface area contributed by atoms with E-state index >= 15 is 0 Å². The summed E-state index contributed by atoms with van der Waals surface area (Å²) < 4.78 is 0. The number of carbonyl (C=O) groups is 1. The zero-order valence-electron chi connectivity index (χ0n) is 12.3. The fraction of sp³-hybridized carbons (Fsp3) is 0.562. The first kappa shape index (κ1) is 15.0. The molecule has 0 aliphatic carbocycles. The Labute approximate surface area is 120 Å². The van der Waals surface area contributed by atoms with E-state index in [0.717, 1.165) is 25.9 Å². The highest BCUT2D eigenvalue weighted by atomic mass is 16.3. The number of aliphatic hydroxyl groups excluding tert-OH is 1. The Hall–Kier alpha value is -1.39. The van der Waals surface area contributed by atoms with Crippen LogP contribution < -0.4 is 10.6 Å². The quantitative estimate of drug-likeness (QED) is 0.742. The highest BCUT2D eigenvalue weighted by molar-refractivity contribution is 5.94. The minimum Gasteiger partial charge on any atom is -0.391 e. The van der Waals surface area contributed by atoms with Crippen LogP contribution in [0.1, 0.15) is 48.2 Å². The number of amides is 1. The van der Waals surface area contributed by atoms with Crippen molar-refractivity contribution in [3.8, 4) is 0 Å². The summed E-state index contributed by atoms with van der Waals surface area (Å²) in [5, 5.41) is 16.1. The predicted molar refractivity (Wildman–Crippen MR) is 79.4 cm³/mol. The highest BCUT2D eigenvalue weighted by Crippen LogP contribution is 2.17. The minimum absolute atomic E-state index is 0.107. The Bertz CT molecular complexity index is 470. The molecule has 3 N–H and O–H groups in total. The average molecular weight is 276 g/mol. The molecule has 110 valence electrons. The Morgan fingerprint density at radius 3 is 2.70 bits per heavy atom. The lowest BCUT2D eigenvalue weighted by molar-refractivity contribution is 0.0816. The molecule has 0 bridgehead atoms. The number of nitrogens with one attached hydrogen (secondary N) is 2. The van der Waals surface area contributed by atoms with Crippen LogP contribution in [-0.2, 0) is 13.1 Å². The number of carbonyl (C=O) groups excluding carboxylic acids is 1. The third-order valence-electron chi connectivity index (χ3n) is 4.16. The van der Waals surface area contributed by atoms with Gasteiger partial charge in [0.2, 0.25) is 0 Å². The third-order valence-corrected chi connectivity index (χ3v) is 4.16. The molecule has 0 radical (unpaired) electrons. The summed E-state index contributed by atoms with van der Waals surface area (Å²) >= 11 is 0. The zero-order valence-corrected chi connectivity index (χ0v) is 12.3. The number of fused-ring (bicyclic) bond motifs is 1. The summed E-state index contributed by atoms with van der Waals surface area (Å²) in [7, 11) is 0. The lowest BCUT2D eigenvalue weighted by Crippen LogP contribution is -2.36. The lowest BCUT2D eigenvalue weighted by atomic mass is 9.96. The van der Waals surface area contributed by atoms with Gasteiger partial charge in [0.1, 0.15) is 0 Å². The van der Waals surface area contributed by atoms with Crippen LogP contribution in [-0.4, -0.2) is 23.7 Å². The van der Waals surface area contributed by atoms with Gasteiger partial charge in [-0.05, 0) is 29.2 Å². The molecule has 2 rings (SSSR count). The Morgan fingerprint density at radius 2 is 2.00 bits per heavy atom. The first-order chi connectivity index (χ1) is 9.65. The Morgan fingerprint density at radius 1 is 1.30 bits per heavy atom. The van der Waals surface area contributed by atoms with Gasteiger partial charge in [-0.2, -0.15) is 0 Å². The van der Waals surface area contributed by atoms with E-state index in [-0.39, 0.29) is 11.8 Å². The van der Waals surface area contributed by atoms with E-state index in [4.69, 9.17) is 0 Å². The van der Waals surface area contributed by atoms with Crippen LogP contribution in [0.4, 0.5) is 0 Å². The molecule has 1 amide bonds. The third kappa shape index (κ3) is 3.38. The summed E-state index contributed by atoms with van der Waals surface area (Å²) in [4.78, 5) is 12.1. The molecule has 0 saturated carbocycles. The van der Waals surface area contributed by atoms with Crippen LogP contribution in [0.5, 0.6) is 0 Å². The molecule has 0 saturated heterocycles. The molecular formula is C16H24N2O2. The van der Waals surface area contributed by atoms with Crippen LogP contribution >= 0.6 is 0 Å². The van der Waals surface area contributed by atoms with Gasteiger partial charge in [0.15, 0.2) is 0 Å². The average Bonchev–Trinajstić information content (AvgIpc) is 2.93. The number of benzene rings is 1. The summed E-state index contributed by atoms with van der Waals surface area (Å²) in [5.41, 5.74) is 3.13. The second kappa shape index (κ2) is 6.86. The normalized spacial score (nSPS) is 15.2. The summed E-state index contributed by atoms with van der Waals surface area (Å²) in [6.45, 7) is 6.15. The molecule has 0 fully saturated rings. The molecule has 1 unspecified atom stereocenters. The van der Waals surface area contributed by atoms with Gasteiger partial charge >= 0.3 is 0 Å². The molecule has 4 nitrogen and oxygen atoms in total. The van der Waals surface area contributed by atoms with Crippen molar-refractivity contribution in [1.82, 2.24) is 10.6 Å². The Balaban J connectivity index is 1.92. The molecule has 4 heteroatoms. The number of hydrogen-bond donors (Lipinski definition) is 3. The predicted octanol–water partition coefficient (Wildman–Crippen LogP) is 1.82. The van der Waals surface area contributed by atoms with Crippen molar-refractivity contribution in [2.24, 2.45) is 5.92 Å². The smallest absolute Gasteiger partial charge is 0.251 e. The number of aliphatic hydroxyl groups is 1. The van der Waals surface area contributed by atoms with E-state index in [1.807, 2.05) is 18.2 Å². The molecule has 1 aromatic rings. The monoisotopic (exact) mass is 276 g/mol. The number of hydrogen-bond acceptors (Lipinski definition) is 3. The maximum absolute atomic E-state index is 12.1. The van der Waals surface area contributed by atoms with Gasteiger partial charge < -0.3 is 15.7 Å². The van der Waals surface area contributed by atoms with Gasteiger partial charge in [-0.25, -0.2) is 0 Å². The zero-order chi connectivity index (χ0) is 14.5. The SMILES string of the molecule is CCC(CC)C(O)CNC(=O)c1ccc2c(c1)CNC2. The standard InChI is InChI=1S/C16H24N2O2/c1-3-11(4-2)15(19)10-18-16(20)12-5-6-13-8-17-9-14(13)7-12/h5-7,11,15,17,19H,3-4,8-10H2,1-2H3,(H,18,20). The van der Waals surface area contributed by atoms with Crippen molar-refractivity contribution >= 4 is 5.91 Å². The van der Waals surface area contributed by atoms with E-state index in [2.05, 4.69) is 24.5 Å². The van der Waals surface area contributed by atoms with E-state index < -0.39 is 6.10 Å². The van der Waals surface area contributed by atoms with E-state index in [9.17, 15) is 9.90 Å². The van der Waals surface area contributed by atoms with E-state index in [0.29, 0.717) is 12.1 Å². The highest BCUT2D eigenvalue weighted by Gasteiger charge is 2.17. The maximum atomic E-state index is 12.1. The van der Waals surface area contributed by atoms with Crippen molar-refractivity contribution in [3.05, 3.63) is 34.9 Å². The van der Waals surface area contributed by atoms with E-state index in [1.165, 1.54) is 11.1 Å². The summed E-state index contributed by atoms with van der Waals surface area (Å²) in [6.07, 6.45) is 1.39. The largest absolute Gasteiger partial charge is 0.391 e. The molecule has 1 aromatic carbocycles. The minimum atomic E-state index is -0.468. The second-order valence-corrected chi connectivity index (χ2v) is 5.44. The maximum Gasteiger partial charge on any atom is 0.251 e. The second-order valence-electron chi connectivity index (χ2n) is 5.44. The van der Waals surface area contributed by atoms with Crippen molar-refractivity contribution < 1.29 is 9.90 Å². The molecule has 1 aliphatic heterocycles. The van der Waals surface area contributed by atoms with Crippen LogP contribution in [0.25, 0.3) is 0 Å². The first-order valence-electron chi connectivity index (χ1n) is 7.44. The molecule has 0 aromatic heterocycles. The van der Waals surface area contributed by atoms with Gasteiger partial charge in [0, 0.05) is 25.2 Å². The van der Waals surface area contributed by atoms with Gasteiger partial charge in [-0.3, -0.25) is 4.79 Å². The molecule has 1 atom stereocenters. The fourth-order valence-electron chi connectivity index (χ4n) is 2.73. The molecule has 1 aliphatic rings. The fourth-order valence-corrected chi connectivity index (χ4v) is 2.73. The lowest BCUT2D eigenvalue weighted by Gasteiger charge is -2.20. The summed E-state index contributed by atoms with van der Waals surface area (Å²) in [5.74, 6) is 0.143. The molecule has 20 heavy (non-hydrogen) atoms. The number of rotatable bonds is 6. The van der Waals surface area contributed by atoms with Crippen molar-refractivity contribution in [2.75, 3.05) is 6.54 Å². The van der Waals surface area contributed by atoms with E-state index in [1.54, 1.807) is 0 Å².